The van der Waals surface area contributed by atoms with Crippen LogP contribution in [-0.2, 0) is 4.43 Å². The molecule has 0 heterocycles. The Morgan fingerprint density at radius 3 is 1.83 bits per heavy atom. The highest BCUT2D eigenvalue weighted by molar-refractivity contribution is 6.99. The Bertz CT molecular complexity index is 685. The first kappa shape index (κ1) is 23.6. The number of benzene rings is 2. The minimum atomic E-state index is -2.61. The molecule has 4 heteroatoms. The van der Waals surface area contributed by atoms with Crippen molar-refractivity contribution < 1.29 is 14.6 Å². The van der Waals surface area contributed by atoms with Crippen LogP contribution in [0.5, 0.6) is 0 Å². The molecule has 29 heavy (non-hydrogen) atoms. The van der Waals surface area contributed by atoms with E-state index in [2.05, 4.69) is 75.9 Å². The maximum atomic E-state index is 10.6. The average molecular weight is 413 g/mol. The molecule has 158 valence electrons. The first-order chi connectivity index (χ1) is 13.8. The van der Waals surface area contributed by atoms with E-state index in [4.69, 9.17) is 4.43 Å². The topological polar surface area (TPSA) is 49.7 Å². The molecule has 0 amide bonds. The second-order valence-corrected chi connectivity index (χ2v) is 13.0. The first-order valence-corrected chi connectivity index (χ1v) is 12.4. The lowest BCUT2D eigenvalue weighted by Gasteiger charge is -2.43. The number of hydrogen-bond donors (Lipinski definition) is 2. The van der Waals surface area contributed by atoms with Crippen LogP contribution < -0.4 is 10.4 Å². The molecule has 0 radical (unpaired) electrons. The monoisotopic (exact) mass is 412 g/mol. The number of aliphatic hydroxyl groups excluding tert-OH is 2. The molecule has 0 unspecified atom stereocenters. The van der Waals surface area contributed by atoms with E-state index >= 15 is 0 Å². The number of rotatable bonds is 11. The van der Waals surface area contributed by atoms with Crippen molar-refractivity contribution in [1.82, 2.24) is 0 Å². The molecule has 2 rings (SSSR count). The van der Waals surface area contributed by atoms with Crippen molar-refractivity contribution in [3.8, 4) is 0 Å². The van der Waals surface area contributed by atoms with E-state index in [1.807, 2.05) is 12.1 Å². The Balaban J connectivity index is 2.22. The third-order valence-electron chi connectivity index (χ3n) is 5.42. The molecule has 0 saturated heterocycles. The standard InChI is InChI=1S/C25H36O3Si/c1-5-13-21(26)14-12-15-22(27)20-28-29(25(2,3)4,23-16-8-6-9-17-23)24-18-10-7-11-19-24/h5-11,16-19,21-22,26-27H,1,12-15,20H2,2-4H3/t21-,22+/m0/s1. The van der Waals surface area contributed by atoms with Crippen LogP contribution in [0.15, 0.2) is 73.3 Å². The fourth-order valence-electron chi connectivity index (χ4n) is 3.97. The summed E-state index contributed by atoms with van der Waals surface area (Å²) >= 11 is 0. The van der Waals surface area contributed by atoms with Gasteiger partial charge in [0.2, 0.25) is 0 Å². The van der Waals surface area contributed by atoms with Crippen LogP contribution in [0, 0.1) is 0 Å². The van der Waals surface area contributed by atoms with E-state index in [1.165, 1.54) is 10.4 Å². The van der Waals surface area contributed by atoms with E-state index in [1.54, 1.807) is 6.08 Å². The zero-order valence-electron chi connectivity index (χ0n) is 18.1. The highest BCUT2D eigenvalue weighted by Crippen LogP contribution is 2.36. The van der Waals surface area contributed by atoms with Gasteiger partial charge in [0.05, 0.1) is 18.8 Å². The summed E-state index contributed by atoms with van der Waals surface area (Å²) in [6, 6.07) is 20.9. The van der Waals surface area contributed by atoms with Crippen molar-refractivity contribution in [1.29, 1.82) is 0 Å². The summed E-state index contributed by atoms with van der Waals surface area (Å²) in [5, 5.41) is 22.8. The van der Waals surface area contributed by atoms with Crippen LogP contribution in [0.2, 0.25) is 5.04 Å². The number of aliphatic hydroxyl groups is 2. The van der Waals surface area contributed by atoms with Crippen molar-refractivity contribution >= 4 is 18.7 Å². The summed E-state index contributed by atoms with van der Waals surface area (Å²) in [4.78, 5) is 0. The van der Waals surface area contributed by atoms with Crippen LogP contribution >= 0.6 is 0 Å². The quantitative estimate of drug-likeness (QED) is 0.433. The minimum absolute atomic E-state index is 0.102. The smallest absolute Gasteiger partial charge is 0.261 e. The molecule has 3 nitrogen and oxygen atoms in total. The summed E-state index contributed by atoms with van der Waals surface area (Å²) in [5.41, 5.74) is 0. The molecule has 0 aliphatic rings. The lowest BCUT2D eigenvalue weighted by Crippen LogP contribution is -2.67. The third-order valence-corrected chi connectivity index (χ3v) is 10.4. The van der Waals surface area contributed by atoms with Gasteiger partial charge in [-0.1, -0.05) is 87.5 Å². The molecule has 2 atom stereocenters. The van der Waals surface area contributed by atoms with Gasteiger partial charge >= 0.3 is 0 Å². The highest BCUT2D eigenvalue weighted by Gasteiger charge is 2.50. The van der Waals surface area contributed by atoms with Gasteiger partial charge in [0, 0.05) is 0 Å². The fourth-order valence-corrected chi connectivity index (χ4v) is 8.56. The van der Waals surface area contributed by atoms with Gasteiger partial charge in [-0.3, -0.25) is 0 Å². The molecule has 2 aromatic rings. The minimum Gasteiger partial charge on any atom is -0.405 e. The molecule has 0 saturated carbocycles. The number of hydrogen-bond acceptors (Lipinski definition) is 3. The van der Waals surface area contributed by atoms with Gasteiger partial charge in [-0.15, -0.1) is 6.58 Å². The van der Waals surface area contributed by atoms with Crippen LogP contribution in [0.4, 0.5) is 0 Å². The summed E-state index contributed by atoms with van der Waals surface area (Å²) in [7, 11) is -2.61. The predicted octanol–water partition coefficient (Wildman–Crippen LogP) is 4.03. The van der Waals surface area contributed by atoms with Gasteiger partial charge in [-0.2, -0.15) is 0 Å². The normalized spacial score (nSPS) is 14.4. The molecule has 0 bridgehead atoms. The maximum absolute atomic E-state index is 10.6. The van der Waals surface area contributed by atoms with Crippen molar-refractivity contribution in [3.05, 3.63) is 73.3 Å². The van der Waals surface area contributed by atoms with Gasteiger partial charge in [0.25, 0.3) is 8.32 Å². The van der Waals surface area contributed by atoms with Crippen LogP contribution in [-0.4, -0.2) is 37.3 Å². The average Bonchev–Trinajstić information content (AvgIpc) is 2.69. The zero-order valence-corrected chi connectivity index (χ0v) is 19.1. The molecule has 0 spiro atoms. The molecule has 0 fully saturated rings. The molecular formula is C25H36O3Si. The molecule has 0 aliphatic carbocycles. The van der Waals surface area contributed by atoms with Gasteiger partial charge in [-0.25, -0.2) is 0 Å². The molecule has 0 aromatic heterocycles. The van der Waals surface area contributed by atoms with Crippen LogP contribution in [0.25, 0.3) is 0 Å². The Labute approximate surface area is 177 Å². The lowest BCUT2D eigenvalue weighted by atomic mass is 10.1. The van der Waals surface area contributed by atoms with Gasteiger partial charge in [0.15, 0.2) is 0 Å². The lowest BCUT2D eigenvalue weighted by molar-refractivity contribution is 0.0865. The van der Waals surface area contributed by atoms with Crippen molar-refractivity contribution in [2.45, 2.75) is 63.7 Å². The summed E-state index contributed by atoms with van der Waals surface area (Å²) in [6.45, 7) is 10.7. The van der Waals surface area contributed by atoms with E-state index in [9.17, 15) is 10.2 Å². The molecule has 2 aromatic carbocycles. The zero-order chi connectivity index (χ0) is 21.3. The second kappa shape index (κ2) is 10.9. The van der Waals surface area contributed by atoms with E-state index in [0.29, 0.717) is 25.9 Å². The van der Waals surface area contributed by atoms with Gasteiger partial charge < -0.3 is 14.6 Å². The summed E-state index contributed by atoms with van der Waals surface area (Å²) in [5.74, 6) is 0. The molecular weight excluding hydrogens is 376 g/mol. The maximum Gasteiger partial charge on any atom is 0.261 e. The van der Waals surface area contributed by atoms with E-state index < -0.39 is 14.4 Å². The Hall–Kier alpha value is -1.72. The highest BCUT2D eigenvalue weighted by atomic mass is 28.4. The van der Waals surface area contributed by atoms with E-state index in [0.717, 1.165) is 6.42 Å². The Kier molecular flexibility index (Phi) is 8.84. The SMILES string of the molecule is C=CC[C@H](O)CCC[C@@H](O)CO[Si](c1ccccc1)(c1ccccc1)C(C)(C)C. The largest absolute Gasteiger partial charge is 0.405 e. The first-order valence-electron chi connectivity index (χ1n) is 10.5. The molecule has 2 N–H and O–H groups in total. The molecule has 0 aliphatic heterocycles. The Morgan fingerprint density at radius 1 is 0.897 bits per heavy atom. The van der Waals surface area contributed by atoms with Crippen molar-refractivity contribution in [2.75, 3.05) is 6.61 Å². The summed E-state index contributed by atoms with van der Waals surface area (Å²) < 4.78 is 6.74. The second-order valence-electron chi connectivity index (χ2n) is 8.74. The van der Waals surface area contributed by atoms with Gasteiger partial charge in [-0.05, 0) is 41.1 Å². The van der Waals surface area contributed by atoms with Gasteiger partial charge in [0.1, 0.15) is 0 Å². The van der Waals surface area contributed by atoms with Crippen LogP contribution in [0.3, 0.4) is 0 Å². The summed E-state index contributed by atoms with van der Waals surface area (Å²) in [6.07, 6.45) is 3.45. The third kappa shape index (κ3) is 6.13. The van der Waals surface area contributed by atoms with Crippen molar-refractivity contribution in [2.24, 2.45) is 0 Å². The predicted molar refractivity (Wildman–Crippen MR) is 124 cm³/mol. The van der Waals surface area contributed by atoms with Crippen molar-refractivity contribution in [3.63, 3.8) is 0 Å². The van der Waals surface area contributed by atoms with E-state index in [-0.39, 0.29) is 11.1 Å². The fraction of sp³-hybridized carbons (Fsp3) is 0.440. The Morgan fingerprint density at radius 2 is 1.38 bits per heavy atom. The van der Waals surface area contributed by atoms with Crippen LogP contribution in [0.1, 0.15) is 46.5 Å².